The van der Waals surface area contributed by atoms with Crippen LogP contribution in [0.5, 0.6) is 0 Å². The molecule has 0 atom stereocenters. The van der Waals surface area contributed by atoms with Gasteiger partial charge in [-0.05, 0) is 29.8 Å². The van der Waals surface area contributed by atoms with Crippen molar-refractivity contribution in [2.45, 2.75) is 16.6 Å². The number of hydrogen-bond donors (Lipinski definition) is 1. The third kappa shape index (κ3) is 4.94. The zero-order valence-electron chi connectivity index (χ0n) is 14.0. The van der Waals surface area contributed by atoms with E-state index in [2.05, 4.69) is 53.8 Å². The van der Waals surface area contributed by atoms with Gasteiger partial charge in [0.15, 0.2) is 4.34 Å². The smallest absolute Gasteiger partial charge is 0.247 e. The number of thioether (sulfide) groups is 1. The first-order valence-electron chi connectivity index (χ1n) is 8.09. The van der Waals surface area contributed by atoms with Crippen LogP contribution >= 0.6 is 39.0 Å². The lowest BCUT2D eigenvalue weighted by Gasteiger charge is -2.00. The molecule has 2 heterocycles. The molecule has 0 radical (unpaired) electrons. The monoisotopic (exact) mass is 459 g/mol. The van der Waals surface area contributed by atoms with Gasteiger partial charge in [-0.3, -0.25) is 0 Å². The van der Waals surface area contributed by atoms with Crippen LogP contribution in [-0.4, -0.2) is 20.4 Å². The molecule has 4 rings (SSSR count). The van der Waals surface area contributed by atoms with Gasteiger partial charge in [0.2, 0.25) is 16.9 Å². The zero-order chi connectivity index (χ0) is 18.5. The van der Waals surface area contributed by atoms with E-state index in [1.807, 2.05) is 42.5 Å². The molecular weight excluding hydrogens is 446 g/mol. The van der Waals surface area contributed by atoms with Gasteiger partial charge in [0, 0.05) is 16.6 Å². The van der Waals surface area contributed by atoms with E-state index in [4.69, 9.17) is 4.42 Å². The Hall–Kier alpha value is -2.23. The number of nitrogens with one attached hydrogen (secondary N) is 1. The molecule has 0 fully saturated rings. The van der Waals surface area contributed by atoms with Gasteiger partial charge < -0.3 is 9.73 Å². The summed E-state index contributed by atoms with van der Waals surface area (Å²) in [4.78, 5) is 0. The third-order valence-electron chi connectivity index (χ3n) is 3.57. The van der Waals surface area contributed by atoms with Gasteiger partial charge in [-0.2, -0.15) is 0 Å². The topological polar surface area (TPSA) is 76.7 Å². The number of benzene rings is 2. The van der Waals surface area contributed by atoms with Crippen molar-refractivity contribution in [1.82, 2.24) is 20.4 Å². The van der Waals surface area contributed by atoms with Crippen molar-refractivity contribution in [3.05, 3.63) is 70.5 Å². The fraction of sp³-hybridized carbons (Fsp3) is 0.111. The van der Waals surface area contributed by atoms with Gasteiger partial charge in [-0.15, -0.1) is 20.4 Å². The van der Waals surface area contributed by atoms with E-state index in [0.29, 0.717) is 17.5 Å². The number of anilines is 1. The Labute approximate surface area is 172 Å². The molecule has 27 heavy (non-hydrogen) atoms. The summed E-state index contributed by atoms with van der Waals surface area (Å²) in [5.41, 5.74) is 2.10. The first-order chi connectivity index (χ1) is 13.3. The van der Waals surface area contributed by atoms with Gasteiger partial charge in [0.25, 0.3) is 0 Å². The van der Waals surface area contributed by atoms with Crippen LogP contribution in [0.1, 0.15) is 11.5 Å². The molecule has 0 spiro atoms. The minimum absolute atomic E-state index is 0.514. The summed E-state index contributed by atoms with van der Waals surface area (Å²) in [6.07, 6.45) is 0. The average Bonchev–Trinajstić information content (AvgIpc) is 3.36. The highest BCUT2D eigenvalue weighted by Gasteiger charge is 2.11. The molecule has 0 saturated carbocycles. The minimum Gasteiger partial charge on any atom is -0.420 e. The van der Waals surface area contributed by atoms with Crippen molar-refractivity contribution < 1.29 is 4.42 Å². The molecule has 0 bridgehead atoms. The van der Waals surface area contributed by atoms with Crippen LogP contribution in [0.4, 0.5) is 5.13 Å². The second-order valence-corrected chi connectivity index (χ2v) is 8.62. The van der Waals surface area contributed by atoms with Crippen molar-refractivity contribution in [2.24, 2.45) is 0 Å². The van der Waals surface area contributed by atoms with E-state index < -0.39 is 0 Å². The van der Waals surface area contributed by atoms with Crippen LogP contribution in [-0.2, 0) is 12.3 Å². The van der Waals surface area contributed by atoms with Crippen molar-refractivity contribution in [2.75, 3.05) is 5.32 Å². The van der Waals surface area contributed by atoms with Crippen molar-refractivity contribution in [1.29, 1.82) is 0 Å². The summed E-state index contributed by atoms with van der Waals surface area (Å²) in [5.74, 6) is 1.63. The molecule has 0 aliphatic heterocycles. The molecule has 0 aliphatic rings. The van der Waals surface area contributed by atoms with Crippen LogP contribution in [0.2, 0.25) is 0 Å². The summed E-state index contributed by atoms with van der Waals surface area (Å²) in [7, 11) is 0. The van der Waals surface area contributed by atoms with Crippen LogP contribution in [0, 0.1) is 0 Å². The van der Waals surface area contributed by atoms with Gasteiger partial charge in [-0.25, -0.2) is 0 Å². The number of hydrogen-bond acceptors (Lipinski definition) is 8. The fourth-order valence-electron chi connectivity index (χ4n) is 2.26. The first kappa shape index (κ1) is 18.1. The fourth-order valence-corrected chi connectivity index (χ4v) is 4.11. The van der Waals surface area contributed by atoms with Crippen molar-refractivity contribution >= 4 is 44.2 Å². The molecular formula is C18H14BrN5OS2. The summed E-state index contributed by atoms with van der Waals surface area (Å²) in [5, 5.41) is 20.7. The van der Waals surface area contributed by atoms with Crippen LogP contribution in [0.15, 0.2) is 67.8 Å². The lowest BCUT2D eigenvalue weighted by Crippen LogP contribution is -1.98. The van der Waals surface area contributed by atoms with E-state index in [1.165, 1.54) is 28.7 Å². The summed E-state index contributed by atoms with van der Waals surface area (Å²) in [6, 6.07) is 17.9. The van der Waals surface area contributed by atoms with Crippen LogP contribution in [0.3, 0.4) is 0 Å². The molecule has 136 valence electrons. The standard InChI is InChI=1S/C18H14BrN5OS2/c19-14-8-6-13(7-9-14)16-22-21-15(25-16)11-26-18-24-23-17(27-18)20-10-12-4-2-1-3-5-12/h1-9H,10-11H2,(H,20,23). The van der Waals surface area contributed by atoms with Gasteiger partial charge in [0.1, 0.15) is 0 Å². The molecule has 6 nitrogen and oxygen atoms in total. The minimum atomic E-state index is 0.514. The molecule has 4 aromatic rings. The molecule has 0 saturated heterocycles. The van der Waals surface area contributed by atoms with Crippen molar-refractivity contribution in [3.63, 3.8) is 0 Å². The highest BCUT2D eigenvalue weighted by atomic mass is 79.9. The Morgan fingerprint density at radius 3 is 2.59 bits per heavy atom. The molecule has 1 N–H and O–H groups in total. The van der Waals surface area contributed by atoms with Crippen molar-refractivity contribution in [3.8, 4) is 11.5 Å². The first-order valence-corrected chi connectivity index (χ1v) is 10.7. The molecule has 0 unspecified atom stereocenters. The lowest BCUT2D eigenvalue weighted by molar-refractivity contribution is 0.528. The SMILES string of the molecule is Brc1ccc(-c2nnc(CSc3nnc(NCc4ccccc4)s3)o2)cc1. The molecule has 9 heteroatoms. The number of nitrogens with zero attached hydrogens (tertiary/aromatic N) is 4. The molecule has 2 aromatic heterocycles. The Bertz CT molecular complexity index is 1000. The van der Waals surface area contributed by atoms with Crippen LogP contribution in [0.25, 0.3) is 11.5 Å². The van der Waals surface area contributed by atoms with Gasteiger partial charge >= 0.3 is 0 Å². The highest BCUT2D eigenvalue weighted by molar-refractivity contribution is 9.10. The number of aromatic nitrogens is 4. The zero-order valence-corrected chi connectivity index (χ0v) is 17.2. The van der Waals surface area contributed by atoms with Crippen LogP contribution < -0.4 is 5.32 Å². The van der Waals surface area contributed by atoms with E-state index in [0.717, 1.165) is 26.1 Å². The van der Waals surface area contributed by atoms with Gasteiger partial charge in [-0.1, -0.05) is 69.4 Å². The largest absolute Gasteiger partial charge is 0.420 e. The third-order valence-corrected chi connectivity index (χ3v) is 6.10. The number of rotatable bonds is 7. The Morgan fingerprint density at radius 2 is 1.78 bits per heavy atom. The normalized spacial score (nSPS) is 10.9. The van der Waals surface area contributed by atoms with E-state index >= 15 is 0 Å². The summed E-state index contributed by atoms with van der Waals surface area (Å²) >= 11 is 6.45. The Kier molecular flexibility index (Phi) is 5.81. The predicted molar refractivity (Wildman–Crippen MR) is 111 cm³/mol. The predicted octanol–water partition coefficient (Wildman–Crippen LogP) is 5.26. The highest BCUT2D eigenvalue weighted by Crippen LogP contribution is 2.29. The van der Waals surface area contributed by atoms with Gasteiger partial charge in [0.05, 0.1) is 5.75 Å². The summed E-state index contributed by atoms with van der Waals surface area (Å²) in [6.45, 7) is 0.723. The van der Waals surface area contributed by atoms with E-state index in [1.54, 1.807) is 0 Å². The molecule has 0 aliphatic carbocycles. The molecule has 2 aromatic carbocycles. The second-order valence-electron chi connectivity index (χ2n) is 5.51. The summed E-state index contributed by atoms with van der Waals surface area (Å²) < 4.78 is 7.59. The Morgan fingerprint density at radius 1 is 0.963 bits per heavy atom. The average molecular weight is 460 g/mol. The van der Waals surface area contributed by atoms with E-state index in [-0.39, 0.29) is 0 Å². The Balaban J connectivity index is 1.32. The maximum absolute atomic E-state index is 5.73. The molecule has 0 amide bonds. The second kappa shape index (κ2) is 8.64. The number of halogens is 1. The lowest BCUT2D eigenvalue weighted by atomic mass is 10.2. The maximum Gasteiger partial charge on any atom is 0.247 e. The van der Waals surface area contributed by atoms with E-state index in [9.17, 15) is 0 Å². The maximum atomic E-state index is 5.73. The quantitative estimate of drug-likeness (QED) is 0.377.